The van der Waals surface area contributed by atoms with Gasteiger partial charge in [0.05, 0.1) is 32.8 Å². The number of aromatic nitrogens is 2. The molecule has 4 aliphatic heterocycles. The van der Waals surface area contributed by atoms with Crippen molar-refractivity contribution >= 4 is 54.7 Å². The number of nitrogens with zero attached hydrogens (tertiary/aromatic N) is 5. The fourth-order valence-corrected chi connectivity index (χ4v) is 9.70. The molecule has 3 unspecified atom stereocenters. The molecule has 4 aromatic rings. The first-order chi connectivity index (χ1) is 23.6. The molecule has 8 rings (SSSR count). The lowest BCUT2D eigenvalue weighted by Crippen LogP contribution is -2.43. The first-order valence-corrected chi connectivity index (χ1v) is 17.6. The topological polar surface area (TPSA) is 101 Å². The zero-order valence-electron chi connectivity index (χ0n) is 26.3. The van der Waals surface area contributed by atoms with Crippen molar-refractivity contribution in [3.05, 3.63) is 34.4 Å². The highest BCUT2D eigenvalue weighted by molar-refractivity contribution is 7.23. The van der Waals surface area contributed by atoms with Crippen molar-refractivity contribution in [2.45, 2.75) is 69.1 Å². The summed E-state index contributed by atoms with van der Waals surface area (Å²) in [6, 6.07) is 3.96. The summed E-state index contributed by atoms with van der Waals surface area (Å²) in [5.74, 6) is -2.00. The van der Waals surface area contributed by atoms with E-state index in [-0.39, 0.29) is 84.9 Å². The fourth-order valence-electron chi connectivity index (χ4n) is 8.41. The summed E-state index contributed by atoms with van der Waals surface area (Å²) in [5.41, 5.74) is 5.30. The highest BCUT2D eigenvalue weighted by Crippen LogP contribution is 2.51. The van der Waals surface area contributed by atoms with Crippen LogP contribution >= 0.6 is 22.9 Å². The third-order valence-electron chi connectivity index (χ3n) is 10.7. The third kappa shape index (κ3) is 5.22. The maximum atomic E-state index is 17.2. The quantitative estimate of drug-likeness (QED) is 0.208. The van der Waals surface area contributed by atoms with Gasteiger partial charge in [0.1, 0.15) is 41.0 Å². The van der Waals surface area contributed by atoms with Gasteiger partial charge in [-0.05, 0) is 50.3 Å². The van der Waals surface area contributed by atoms with Crippen LogP contribution in [0.2, 0.25) is 5.02 Å². The van der Waals surface area contributed by atoms with Crippen molar-refractivity contribution in [1.82, 2.24) is 14.9 Å². The molecule has 6 heterocycles. The summed E-state index contributed by atoms with van der Waals surface area (Å²) in [6.45, 7) is 1.61. The molecule has 49 heavy (non-hydrogen) atoms. The monoisotopic (exact) mass is 718 g/mol. The Morgan fingerprint density at radius 3 is 2.82 bits per heavy atom. The first-order valence-electron chi connectivity index (χ1n) is 16.4. The molecular weight excluding hydrogens is 687 g/mol. The predicted molar refractivity (Wildman–Crippen MR) is 178 cm³/mol. The van der Waals surface area contributed by atoms with Gasteiger partial charge in [0.15, 0.2) is 11.6 Å². The van der Waals surface area contributed by atoms with E-state index < -0.39 is 41.7 Å². The molecule has 3 fully saturated rings. The van der Waals surface area contributed by atoms with Crippen LogP contribution in [0.5, 0.6) is 11.8 Å². The Morgan fingerprint density at radius 2 is 2.02 bits per heavy atom. The largest absolute Gasteiger partial charge is 0.491 e. The van der Waals surface area contributed by atoms with Gasteiger partial charge in [-0.25, -0.2) is 22.0 Å². The van der Waals surface area contributed by atoms with Crippen molar-refractivity contribution in [2.24, 2.45) is 5.92 Å². The van der Waals surface area contributed by atoms with E-state index in [0.717, 1.165) is 36.8 Å². The lowest BCUT2D eigenvalue weighted by molar-refractivity contribution is 0.0652. The van der Waals surface area contributed by atoms with Crippen molar-refractivity contribution in [3.8, 4) is 29.0 Å². The van der Waals surface area contributed by atoms with E-state index in [1.54, 1.807) is 0 Å². The van der Waals surface area contributed by atoms with Gasteiger partial charge >= 0.3 is 6.01 Å². The molecule has 2 aromatic heterocycles. The van der Waals surface area contributed by atoms with Crippen LogP contribution in [0.3, 0.4) is 0 Å². The van der Waals surface area contributed by atoms with Gasteiger partial charge in [-0.15, -0.1) is 11.3 Å². The van der Waals surface area contributed by atoms with Crippen molar-refractivity contribution in [3.63, 3.8) is 0 Å². The SMILES string of the molecule is N#Cc1c(N)sc2c(F)ccc(-c3c(Cl)c4c5c(nc(OCC67CCCN6C[C@H](F)C7)nc5c3F)N3CCCC(C(F)F)CC3CCO4)c12. The average Bonchev–Trinajstić information content (AvgIpc) is 3.65. The van der Waals surface area contributed by atoms with Crippen LogP contribution in [-0.4, -0.2) is 71.9 Å². The van der Waals surface area contributed by atoms with E-state index in [1.165, 1.54) is 6.07 Å². The molecule has 4 atom stereocenters. The minimum absolute atomic E-state index is 0.00913. The Hall–Kier alpha value is -3.67. The number of fused-ring (bicyclic) bond motifs is 4. The van der Waals surface area contributed by atoms with Crippen molar-refractivity contribution < 1.29 is 31.4 Å². The Kier molecular flexibility index (Phi) is 8.15. The van der Waals surface area contributed by atoms with Gasteiger partial charge in [0, 0.05) is 48.8 Å². The first kappa shape index (κ1) is 32.5. The van der Waals surface area contributed by atoms with Crippen LogP contribution in [0.25, 0.3) is 32.1 Å². The Bertz CT molecular complexity index is 2030. The maximum absolute atomic E-state index is 17.2. The second-order valence-corrected chi connectivity index (χ2v) is 14.9. The Labute approximate surface area is 287 Å². The number of halogens is 6. The molecule has 0 aliphatic carbocycles. The van der Waals surface area contributed by atoms with Crippen molar-refractivity contribution in [1.29, 1.82) is 5.26 Å². The Morgan fingerprint density at radius 1 is 1.18 bits per heavy atom. The second-order valence-electron chi connectivity index (χ2n) is 13.5. The van der Waals surface area contributed by atoms with Crippen LogP contribution < -0.4 is 20.1 Å². The molecule has 0 amide bonds. The van der Waals surface area contributed by atoms with Crippen molar-refractivity contribution in [2.75, 3.05) is 43.5 Å². The molecule has 2 aromatic carbocycles. The number of benzene rings is 2. The number of nitrogens with two attached hydrogens (primary N) is 1. The number of nitriles is 1. The summed E-state index contributed by atoms with van der Waals surface area (Å²) in [7, 11) is 0. The zero-order chi connectivity index (χ0) is 34.2. The predicted octanol–water partition coefficient (Wildman–Crippen LogP) is 7.87. The van der Waals surface area contributed by atoms with Crippen LogP contribution in [0, 0.1) is 28.9 Å². The van der Waals surface area contributed by atoms with Crippen LogP contribution in [0.1, 0.15) is 50.5 Å². The van der Waals surface area contributed by atoms with Crippen LogP contribution in [0.15, 0.2) is 12.1 Å². The third-order valence-corrected chi connectivity index (χ3v) is 12.1. The zero-order valence-corrected chi connectivity index (χ0v) is 27.8. The van der Waals surface area contributed by atoms with Gasteiger partial charge in [-0.3, -0.25) is 4.90 Å². The number of rotatable bonds is 5. The Balaban J connectivity index is 1.34. The summed E-state index contributed by atoms with van der Waals surface area (Å²) >= 11 is 7.90. The second kappa shape index (κ2) is 12.3. The van der Waals surface area contributed by atoms with E-state index in [4.69, 9.17) is 31.8 Å². The fraction of sp³-hybridized carbons (Fsp3) is 0.500. The van der Waals surface area contributed by atoms with Gasteiger partial charge in [0.2, 0.25) is 6.43 Å². The molecule has 0 radical (unpaired) electrons. The molecule has 0 spiro atoms. The average molecular weight is 719 g/mol. The standard InChI is InChI=1S/C34H32ClF5N6O2S/c35-25-23(19-4-5-21(37)29-22(19)20(13-41)31(42)49-29)26(38)27-24-28(25)47-10-6-18-11-16(30(39)40)3-1-9-46(18)32(24)44-33(43-27)48-15-34-7-2-8-45(34)14-17(36)12-34/h4-5,16-18,30H,1-3,6-12,14-15,42H2/t16?,17-,18?,34?/m1/s1. The lowest BCUT2D eigenvalue weighted by Gasteiger charge is -2.35. The molecule has 4 aliphatic rings. The van der Waals surface area contributed by atoms with Crippen LogP contribution in [-0.2, 0) is 0 Å². The molecule has 2 N–H and O–H groups in total. The number of hydrogen-bond acceptors (Lipinski definition) is 9. The van der Waals surface area contributed by atoms with Gasteiger partial charge in [-0.2, -0.15) is 15.2 Å². The number of ether oxygens (including phenoxy) is 2. The smallest absolute Gasteiger partial charge is 0.319 e. The number of alkyl halides is 3. The highest BCUT2D eigenvalue weighted by atomic mass is 35.5. The minimum Gasteiger partial charge on any atom is -0.491 e. The summed E-state index contributed by atoms with van der Waals surface area (Å²) in [5, 5.41) is 10.1. The molecule has 0 bridgehead atoms. The minimum atomic E-state index is -2.49. The number of nitrogen functional groups attached to an aromatic ring is 1. The normalized spacial score (nSPS) is 25.5. The summed E-state index contributed by atoms with van der Waals surface area (Å²) in [6.07, 6.45) is -0.236. The maximum Gasteiger partial charge on any atom is 0.319 e. The molecule has 258 valence electrons. The van der Waals surface area contributed by atoms with E-state index in [9.17, 15) is 18.4 Å². The van der Waals surface area contributed by atoms with E-state index in [2.05, 4.69) is 9.88 Å². The summed E-state index contributed by atoms with van der Waals surface area (Å²) < 4.78 is 87.4. The van der Waals surface area contributed by atoms with Gasteiger partial charge in [-0.1, -0.05) is 17.7 Å². The van der Waals surface area contributed by atoms with Crippen LogP contribution in [0.4, 0.5) is 32.8 Å². The summed E-state index contributed by atoms with van der Waals surface area (Å²) in [4.78, 5) is 13.3. The van der Waals surface area contributed by atoms with E-state index in [0.29, 0.717) is 38.8 Å². The highest BCUT2D eigenvalue weighted by Gasteiger charge is 2.49. The van der Waals surface area contributed by atoms with Gasteiger partial charge < -0.3 is 20.1 Å². The van der Waals surface area contributed by atoms with E-state index in [1.807, 2.05) is 11.0 Å². The molecule has 3 saturated heterocycles. The number of thiophene rings is 1. The molecular formula is C34H32ClF5N6O2S. The number of anilines is 2. The molecule has 8 nitrogen and oxygen atoms in total. The van der Waals surface area contributed by atoms with E-state index >= 15 is 8.78 Å². The van der Waals surface area contributed by atoms with Gasteiger partial charge in [0.25, 0.3) is 0 Å². The number of hydrogen-bond donors (Lipinski definition) is 1. The lowest BCUT2D eigenvalue weighted by atomic mass is 9.94. The molecule has 0 saturated carbocycles. The molecule has 15 heteroatoms.